The lowest BCUT2D eigenvalue weighted by atomic mass is 10.2. The van der Waals surface area contributed by atoms with Crippen molar-refractivity contribution >= 4 is 6.16 Å². The predicted octanol–water partition coefficient (Wildman–Crippen LogP) is 2.48. The molecule has 0 amide bonds. The first-order valence-corrected chi connectivity index (χ1v) is 4.63. The van der Waals surface area contributed by atoms with Crippen LogP contribution >= 0.6 is 0 Å². The average molecular weight is 207 g/mol. The molecule has 0 saturated heterocycles. The summed E-state index contributed by atoms with van der Waals surface area (Å²) in [4.78, 5) is 15.0. The first-order valence-electron chi connectivity index (χ1n) is 4.63. The molecule has 0 N–H and O–H groups in total. The van der Waals surface area contributed by atoms with Gasteiger partial charge in [0.05, 0.1) is 6.61 Å². The van der Waals surface area contributed by atoms with Crippen LogP contribution in [0.4, 0.5) is 4.79 Å². The zero-order valence-electron chi connectivity index (χ0n) is 8.55. The van der Waals surface area contributed by atoms with Crippen molar-refractivity contribution < 1.29 is 14.3 Å². The van der Waals surface area contributed by atoms with Gasteiger partial charge >= 0.3 is 6.16 Å². The van der Waals surface area contributed by atoms with Crippen molar-refractivity contribution in [3.8, 4) is 0 Å². The molecule has 0 radical (unpaired) electrons. The summed E-state index contributed by atoms with van der Waals surface area (Å²) in [6, 6.07) is 3.57. The molecule has 0 aliphatic carbocycles. The normalized spacial score (nSPS) is 11.5. The maximum Gasteiger partial charge on any atom is 0.509 e. The predicted molar refractivity (Wildman–Crippen MR) is 55.3 cm³/mol. The summed E-state index contributed by atoms with van der Waals surface area (Å²) < 4.78 is 9.67. The van der Waals surface area contributed by atoms with Gasteiger partial charge < -0.3 is 9.47 Å². The molecule has 0 aliphatic heterocycles. The van der Waals surface area contributed by atoms with Crippen molar-refractivity contribution in [2.75, 3.05) is 6.61 Å². The molecule has 80 valence electrons. The number of hydrogen-bond donors (Lipinski definition) is 0. The molecule has 0 bridgehead atoms. The van der Waals surface area contributed by atoms with Gasteiger partial charge in [-0.25, -0.2) is 4.79 Å². The second-order valence-electron chi connectivity index (χ2n) is 2.74. The summed E-state index contributed by atoms with van der Waals surface area (Å²) in [6.07, 6.45) is 3.57. The van der Waals surface area contributed by atoms with E-state index in [-0.39, 0.29) is 6.61 Å². The van der Waals surface area contributed by atoms with Crippen molar-refractivity contribution in [1.29, 1.82) is 0 Å². The van der Waals surface area contributed by atoms with Crippen molar-refractivity contribution in [3.63, 3.8) is 0 Å². The quantitative estimate of drug-likeness (QED) is 0.562. The van der Waals surface area contributed by atoms with Crippen molar-refractivity contribution in [2.45, 2.75) is 13.0 Å². The molecule has 4 heteroatoms. The van der Waals surface area contributed by atoms with Crippen LogP contribution in [-0.4, -0.2) is 17.7 Å². The lowest BCUT2D eigenvalue weighted by Gasteiger charge is -2.12. The van der Waals surface area contributed by atoms with E-state index in [0.29, 0.717) is 0 Å². The lowest BCUT2D eigenvalue weighted by Crippen LogP contribution is -2.11. The Bertz CT molecular complexity index is 324. The van der Waals surface area contributed by atoms with Gasteiger partial charge in [-0.1, -0.05) is 12.6 Å². The third kappa shape index (κ3) is 3.42. The zero-order chi connectivity index (χ0) is 11.1. The van der Waals surface area contributed by atoms with Crippen LogP contribution < -0.4 is 0 Å². The largest absolute Gasteiger partial charge is 0.509 e. The van der Waals surface area contributed by atoms with E-state index in [4.69, 9.17) is 4.74 Å². The molecule has 0 aliphatic rings. The molecule has 1 aromatic rings. The SMILES string of the molecule is C=CC(OC(=O)OCC)c1cccnc1. The van der Waals surface area contributed by atoms with Crippen molar-refractivity contribution in [3.05, 3.63) is 42.7 Å². The molecule has 0 spiro atoms. The van der Waals surface area contributed by atoms with E-state index in [1.807, 2.05) is 0 Å². The van der Waals surface area contributed by atoms with E-state index in [1.165, 1.54) is 6.08 Å². The Kier molecular flexibility index (Phi) is 4.34. The Labute approximate surface area is 88.5 Å². The van der Waals surface area contributed by atoms with Gasteiger partial charge in [0.1, 0.15) is 6.10 Å². The first-order chi connectivity index (χ1) is 7.27. The maximum absolute atomic E-state index is 11.1. The van der Waals surface area contributed by atoms with Crippen LogP contribution in [0.3, 0.4) is 0 Å². The second kappa shape index (κ2) is 5.80. The Balaban J connectivity index is 2.65. The van der Waals surface area contributed by atoms with E-state index in [9.17, 15) is 4.79 Å². The van der Waals surface area contributed by atoms with E-state index in [1.54, 1.807) is 31.5 Å². The van der Waals surface area contributed by atoms with Crippen LogP contribution in [0.1, 0.15) is 18.6 Å². The van der Waals surface area contributed by atoms with Crippen LogP contribution in [0.15, 0.2) is 37.2 Å². The standard InChI is InChI=1S/C11H13NO3/c1-3-10(15-11(13)14-4-2)9-6-5-7-12-8-9/h3,5-8,10H,1,4H2,2H3. The number of carbonyl (C=O) groups is 1. The molecule has 4 nitrogen and oxygen atoms in total. The van der Waals surface area contributed by atoms with Gasteiger partial charge in [0, 0.05) is 18.0 Å². The third-order valence-corrected chi connectivity index (χ3v) is 1.71. The fourth-order valence-electron chi connectivity index (χ4n) is 1.05. The fraction of sp³-hybridized carbons (Fsp3) is 0.273. The number of pyridine rings is 1. The molecular weight excluding hydrogens is 194 g/mol. The maximum atomic E-state index is 11.1. The minimum Gasteiger partial charge on any atom is -0.435 e. The smallest absolute Gasteiger partial charge is 0.435 e. The molecule has 1 heterocycles. The highest BCUT2D eigenvalue weighted by atomic mass is 16.7. The minimum absolute atomic E-state index is 0.287. The van der Waals surface area contributed by atoms with E-state index >= 15 is 0 Å². The Morgan fingerprint density at radius 1 is 1.73 bits per heavy atom. The lowest BCUT2D eigenvalue weighted by molar-refractivity contribution is 0.0401. The highest BCUT2D eigenvalue weighted by Crippen LogP contribution is 2.17. The Morgan fingerprint density at radius 3 is 3.07 bits per heavy atom. The summed E-state index contributed by atoms with van der Waals surface area (Å²) >= 11 is 0. The van der Waals surface area contributed by atoms with E-state index in [0.717, 1.165) is 5.56 Å². The molecule has 0 aromatic carbocycles. The van der Waals surface area contributed by atoms with Crippen LogP contribution in [0.5, 0.6) is 0 Å². The van der Waals surface area contributed by atoms with Gasteiger partial charge in [-0.3, -0.25) is 4.98 Å². The van der Waals surface area contributed by atoms with Gasteiger partial charge in [0.2, 0.25) is 0 Å². The molecule has 1 unspecified atom stereocenters. The fourth-order valence-corrected chi connectivity index (χ4v) is 1.05. The molecule has 15 heavy (non-hydrogen) atoms. The number of rotatable bonds is 4. The number of hydrogen-bond acceptors (Lipinski definition) is 4. The molecule has 1 atom stereocenters. The molecular formula is C11H13NO3. The summed E-state index contributed by atoms with van der Waals surface area (Å²) in [6.45, 7) is 5.59. The first kappa shape index (κ1) is 11.2. The Hall–Kier alpha value is -1.84. The third-order valence-electron chi connectivity index (χ3n) is 1.71. The van der Waals surface area contributed by atoms with E-state index < -0.39 is 12.3 Å². The van der Waals surface area contributed by atoms with E-state index in [2.05, 4.69) is 16.3 Å². The minimum atomic E-state index is -0.703. The zero-order valence-corrected chi connectivity index (χ0v) is 8.55. The highest BCUT2D eigenvalue weighted by molar-refractivity contribution is 5.60. The number of carbonyl (C=O) groups excluding carboxylic acids is 1. The molecule has 0 saturated carbocycles. The van der Waals surface area contributed by atoms with Crippen LogP contribution in [0.2, 0.25) is 0 Å². The van der Waals surface area contributed by atoms with Crippen LogP contribution in [0, 0.1) is 0 Å². The molecule has 0 fully saturated rings. The Morgan fingerprint density at radius 2 is 2.53 bits per heavy atom. The van der Waals surface area contributed by atoms with Gasteiger partial charge in [-0.05, 0) is 19.1 Å². The van der Waals surface area contributed by atoms with Crippen LogP contribution in [0.25, 0.3) is 0 Å². The van der Waals surface area contributed by atoms with Crippen molar-refractivity contribution in [2.24, 2.45) is 0 Å². The van der Waals surface area contributed by atoms with Crippen LogP contribution in [-0.2, 0) is 9.47 Å². The van der Waals surface area contributed by atoms with Gasteiger partial charge in [-0.15, -0.1) is 0 Å². The summed E-state index contributed by atoms with van der Waals surface area (Å²) in [5, 5.41) is 0. The average Bonchev–Trinajstić information content (AvgIpc) is 2.27. The highest BCUT2D eigenvalue weighted by Gasteiger charge is 2.13. The van der Waals surface area contributed by atoms with Gasteiger partial charge in [0.15, 0.2) is 0 Å². The van der Waals surface area contributed by atoms with Gasteiger partial charge in [-0.2, -0.15) is 0 Å². The van der Waals surface area contributed by atoms with Crippen molar-refractivity contribution in [1.82, 2.24) is 4.98 Å². The monoisotopic (exact) mass is 207 g/mol. The summed E-state index contributed by atoms with van der Waals surface area (Å²) in [7, 11) is 0. The van der Waals surface area contributed by atoms with Gasteiger partial charge in [0.25, 0.3) is 0 Å². The second-order valence-corrected chi connectivity index (χ2v) is 2.74. The number of nitrogens with zero attached hydrogens (tertiary/aromatic N) is 1. The molecule has 1 aromatic heterocycles. The summed E-state index contributed by atoms with van der Waals surface area (Å²) in [5.74, 6) is 0. The topological polar surface area (TPSA) is 48.4 Å². The summed E-state index contributed by atoms with van der Waals surface area (Å²) in [5.41, 5.74) is 0.764. The number of ether oxygens (including phenoxy) is 2. The molecule has 1 rings (SSSR count). The number of aromatic nitrogens is 1.